The maximum atomic E-state index is 12.6. The molecule has 1 aromatic heterocycles. The predicted molar refractivity (Wildman–Crippen MR) is 81.9 cm³/mol. The van der Waals surface area contributed by atoms with Crippen LogP contribution >= 0.6 is 0 Å². The molecule has 1 saturated heterocycles. The lowest BCUT2D eigenvalue weighted by atomic mass is 10.2. The van der Waals surface area contributed by atoms with Gasteiger partial charge in [0, 0.05) is 38.2 Å². The van der Waals surface area contributed by atoms with E-state index in [2.05, 4.69) is 10.5 Å². The zero-order chi connectivity index (χ0) is 16.2. The smallest absolute Gasteiger partial charge is 0.276 e. The van der Waals surface area contributed by atoms with E-state index in [9.17, 15) is 9.59 Å². The fourth-order valence-corrected chi connectivity index (χ4v) is 2.70. The summed E-state index contributed by atoms with van der Waals surface area (Å²) in [6.45, 7) is 3.33. The largest absolute Gasteiger partial charge is 0.376 e. The minimum atomic E-state index is -0.212. The van der Waals surface area contributed by atoms with Crippen LogP contribution in [0.4, 0.5) is 0 Å². The summed E-state index contributed by atoms with van der Waals surface area (Å²) < 4.78 is 10.6. The monoisotopic (exact) mass is 321 g/mol. The molecule has 2 amide bonds. The van der Waals surface area contributed by atoms with E-state index in [1.165, 1.54) is 0 Å². The molecule has 1 saturated carbocycles. The van der Waals surface area contributed by atoms with Gasteiger partial charge in [-0.3, -0.25) is 9.59 Å². The van der Waals surface area contributed by atoms with Gasteiger partial charge < -0.3 is 19.5 Å². The molecule has 1 aliphatic heterocycles. The number of carbonyl (C=O) groups excluding carboxylic acids is 2. The number of carbonyl (C=O) groups is 2. The minimum absolute atomic E-state index is 0.00558. The van der Waals surface area contributed by atoms with Gasteiger partial charge in [-0.05, 0) is 32.6 Å². The lowest BCUT2D eigenvalue weighted by Gasteiger charge is -2.24. The van der Waals surface area contributed by atoms with Crippen molar-refractivity contribution in [2.24, 2.45) is 0 Å². The van der Waals surface area contributed by atoms with Crippen molar-refractivity contribution in [1.29, 1.82) is 0 Å². The molecule has 1 aliphatic carbocycles. The Hall–Kier alpha value is -1.89. The van der Waals surface area contributed by atoms with Crippen molar-refractivity contribution < 1.29 is 18.8 Å². The predicted octanol–water partition coefficient (Wildman–Crippen LogP) is 1.27. The number of ether oxygens (including phenoxy) is 1. The molecule has 1 atom stereocenters. The molecule has 2 aliphatic rings. The number of hydrogen-bond acceptors (Lipinski definition) is 5. The van der Waals surface area contributed by atoms with Crippen LogP contribution in [0.2, 0.25) is 0 Å². The van der Waals surface area contributed by atoms with Crippen LogP contribution in [0.25, 0.3) is 0 Å². The second-order valence-corrected chi connectivity index (χ2v) is 6.30. The lowest BCUT2D eigenvalue weighted by Crippen LogP contribution is -2.40. The zero-order valence-corrected chi connectivity index (χ0v) is 13.4. The molecule has 0 bridgehead atoms. The standard InChI is InChI=1S/C16H23N3O4/c1-11-9-14(18-23-11)16(21)19(10-13-3-2-8-22-13)7-6-15(20)17-12-4-5-12/h9,12-13H,2-8,10H2,1H3,(H,17,20). The van der Waals surface area contributed by atoms with Crippen LogP contribution < -0.4 is 5.32 Å². The third kappa shape index (κ3) is 4.54. The molecule has 1 aromatic rings. The van der Waals surface area contributed by atoms with Gasteiger partial charge in [-0.25, -0.2) is 0 Å². The van der Waals surface area contributed by atoms with E-state index in [1.54, 1.807) is 17.9 Å². The van der Waals surface area contributed by atoms with Gasteiger partial charge in [0.2, 0.25) is 5.91 Å². The van der Waals surface area contributed by atoms with Crippen LogP contribution in [0.1, 0.15) is 48.4 Å². The lowest BCUT2D eigenvalue weighted by molar-refractivity contribution is -0.121. The van der Waals surface area contributed by atoms with Crippen molar-refractivity contribution in [3.05, 3.63) is 17.5 Å². The Morgan fingerprint density at radius 3 is 2.83 bits per heavy atom. The van der Waals surface area contributed by atoms with Gasteiger partial charge in [-0.15, -0.1) is 0 Å². The minimum Gasteiger partial charge on any atom is -0.376 e. The molecule has 2 heterocycles. The number of aryl methyl sites for hydroxylation is 1. The number of aromatic nitrogens is 1. The van der Waals surface area contributed by atoms with Crippen LogP contribution in [0.15, 0.2) is 10.6 Å². The number of amides is 2. The first kappa shape index (κ1) is 16.0. The van der Waals surface area contributed by atoms with Gasteiger partial charge in [0.05, 0.1) is 6.10 Å². The van der Waals surface area contributed by atoms with Crippen LogP contribution in [0, 0.1) is 6.92 Å². The topological polar surface area (TPSA) is 84.7 Å². The number of nitrogens with one attached hydrogen (secondary N) is 1. The van der Waals surface area contributed by atoms with Crippen molar-refractivity contribution in [3.63, 3.8) is 0 Å². The Kier molecular flexibility index (Phi) is 4.95. The van der Waals surface area contributed by atoms with Crippen LogP contribution in [0.3, 0.4) is 0 Å². The third-order valence-corrected chi connectivity index (χ3v) is 4.13. The highest BCUT2D eigenvalue weighted by atomic mass is 16.5. The summed E-state index contributed by atoms with van der Waals surface area (Å²) in [5.74, 6) is 0.377. The molecule has 0 spiro atoms. The number of hydrogen-bond donors (Lipinski definition) is 1. The Morgan fingerprint density at radius 1 is 1.39 bits per heavy atom. The molecular formula is C16H23N3O4. The molecule has 1 N–H and O–H groups in total. The first-order valence-electron chi connectivity index (χ1n) is 8.25. The summed E-state index contributed by atoms with van der Waals surface area (Å²) in [6.07, 6.45) is 4.41. The van der Waals surface area contributed by atoms with Gasteiger partial charge in [0.25, 0.3) is 5.91 Å². The van der Waals surface area contributed by atoms with E-state index in [0.717, 1.165) is 32.3 Å². The van der Waals surface area contributed by atoms with Gasteiger partial charge in [0.1, 0.15) is 5.76 Å². The van der Waals surface area contributed by atoms with Gasteiger partial charge in [-0.1, -0.05) is 5.16 Å². The maximum Gasteiger partial charge on any atom is 0.276 e. The molecule has 0 radical (unpaired) electrons. The summed E-state index contributed by atoms with van der Waals surface area (Å²) in [7, 11) is 0. The summed E-state index contributed by atoms with van der Waals surface area (Å²) >= 11 is 0. The van der Waals surface area contributed by atoms with E-state index in [4.69, 9.17) is 9.26 Å². The molecule has 7 nitrogen and oxygen atoms in total. The van der Waals surface area contributed by atoms with Gasteiger partial charge >= 0.3 is 0 Å². The third-order valence-electron chi connectivity index (χ3n) is 4.13. The quantitative estimate of drug-likeness (QED) is 0.817. The Bertz CT molecular complexity index is 561. The first-order chi connectivity index (χ1) is 11.1. The van der Waals surface area contributed by atoms with Gasteiger partial charge in [0.15, 0.2) is 5.69 Å². The van der Waals surface area contributed by atoms with Gasteiger partial charge in [-0.2, -0.15) is 0 Å². The summed E-state index contributed by atoms with van der Waals surface area (Å²) in [5, 5.41) is 6.73. The number of nitrogens with zero attached hydrogens (tertiary/aromatic N) is 2. The van der Waals surface area contributed by atoms with Crippen LogP contribution in [-0.2, 0) is 9.53 Å². The highest BCUT2D eigenvalue weighted by Crippen LogP contribution is 2.19. The van der Waals surface area contributed by atoms with Crippen LogP contribution in [0.5, 0.6) is 0 Å². The zero-order valence-electron chi connectivity index (χ0n) is 13.4. The fourth-order valence-electron chi connectivity index (χ4n) is 2.70. The molecule has 0 aromatic carbocycles. The second kappa shape index (κ2) is 7.12. The highest BCUT2D eigenvalue weighted by molar-refractivity contribution is 5.92. The average Bonchev–Trinajstić information content (AvgIpc) is 3.01. The molecule has 3 rings (SSSR count). The van der Waals surface area contributed by atoms with E-state index in [1.807, 2.05) is 0 Å². The highest BCUT2D eigenvalue weighted by Gasteiger charge is 2.27. The Morgan fingerprint density at radius 2 is 2.22 bits per heavy atom. The SMILES string of the molecule is Cc1cc(C(=O)N(CCC(=O)NC2CC2)CC2CCCO2)no1. The van der Waals surface area contributed by atoms with Crippen molar-refractivity contribution in [1.82, 2.24) is 15.4 Å². The van der Waals surface area contributed by atoms with Crippen molar-refractivity contribution in [3.8, 4) is 0 Å². The summed E-state index contributed by atoms with van der Waals surface area (Å²) in [5.41, 5.74) is 0.281. The molecular weight excluding hydrogens is 298 g/mol. The summed E-state index contributed by atoms with van der Waals surface area (Å²) in [4.78, 5) is 26.1. The fraction of sp³-hybridized carbons (Fsp3) is 0.688. The number of rotatable bonds is 7. The Labute approximate surface area is 135 Å². The van der Waals surface area contributed by atoms with Crippen molar-refractivity contribution in [2.45, 2.75) is 51.2 Å². The maximum absolute atomic E-state index is 12.6. The van der Waals surface area contributed by atoms with E-state index in [0.29, 0.717) is 31.3 Å². The van der Waals surface area contributed by atoms with Crippen LogP contribution in [-0.4, -0.2) is 53.7 Å². The van der Waals surface area contributed by atoms with E-state index in [-0.39, 0.29) is 23.6 Å². The molecule has 7 heteroatoms. The first-order valence-corrected chi connectivity index (χ1v) is 8.25. The van der Waals surface area contributed by atoms with E-state index < -0.39 is 0 Å². The normalized spacial score (nSPS) is 20.5. The van der Waals surface area contributed by atoms with E-state index >= 15 is 0 Å². The molecule has 126 valence electrons. The average molecular weight is 321 g/mol. The second-order valence-electron chi connectivity index (χ2n) is 6.30. The van der Waals surface area contributed by atoms with Crippen molar-refractivity contribution >= 4 is 11.8 Å². The molecule has 2 fully saturated rings. The molecule has 1 unspecified atom stereocenters. The van der Waals surface area contributed by atoms with Crippen molar-refractivity contribution in [2.75, 3.05) is 19.7 Å². The summed E-state index contributed by atoms with van der Waals surface area (Å²) in [6, 6.07) is 1.96. The molecule has 23 heavy (non-hydrogen) atoms. The Balaban J connectivity index is 1.59.